The Morgan fingerprint density at radius 1 is 1.54 bits per heavy atom. The average Bonchev–Trinajstić information content (AvgIpc) is 2.20. The number of aryl methyl sites for hydroxylation is 1. The Labute approximate surface area is 78.9 Å². The van der Waals surface area contributed by atoms with Crippen LogP contribution >= 0.6 is 0 Å². The molecule has 1 aromatic heterocycles. The zero-order valence-electron chi connectivity index (χ0n) is 7.99. The molecule has 0 spiro atoms. The fourth-order valence-corrected chi connectivity index (χ4v) is 1.89. The summed E-state index contributed by atoms with van der Waals surface area (Å²) >= 11 is 0. The van der Waals surface area contributed by atoms with E-state index >= 15 is 0 Å². The second-order valence-electron chi connectivity index (χ2n) is 3.65. The highest BCUT2D eigenvalue weighted by atomic mass is 16.5. The SMILES string of the molecule is Cc1ccncc1C1CCCOC1. The molecular formula is C11H15NO. The molecule has 0 radical (unpaired) electrons. The number of ether oxygens (including phenoxy) is 1. The lowest BCUT2D eigenvalue weighted by Crippen LogP contribution is -2.16. The Bertz CT molecular complexity index is 279. The quantitative estimate of drug-likeness (QED) is 0.656. The molecule has 13 heavy (non-hydrogen) atoms. The lowest BCUT2D eigenvalue weighted by Gasteiger charge is -2.23. The van der Waals surface area contributed by atoms with E-state index in [4.69, 9.17) is 4.74 Å². The summed E-state index contributed by atoms with van der Waals surface area (Å²) in [5.74, 6) is 0.572. The van der Waals surface area contributed by atoms with Gasteiger partial charge in [0.2, 0.25) is 0 Å². The van der Waals surface area contributed by atoms with Gasteiger partial charge in [0.1, 0.15) is 0 Å². The molecule has 1 fully saturated rings. The van der Waals surface area contributed by atoms with Crippen LogP contribution in [0.2, 0.25) is 0 Å². The number of hydrogen-bond donors (Lipinski definition) is 0. The van der Waals surface area contributed by atoms with Crippen molar-refractivity contribution in [3.8, 4) is 0 Å². The van der Waals surface area contributed by atoms with Crippen molar-refractivity contribution in [3.63, 3.8) is 0 Å². The summed E-state index contributed by atoms with van der Waals surface area (Å²) in [5.41, 5.74) is 2.70. The Kier molecular flexibility index (Phi) is 2.60. The number of hydrogen-bond acceptors (Lipinski definition) is 2. The lowest BCUT2D eigenvalue weighted by molar-refractivity contribution is 0.0802. The molecule has 0 aromatic carbocycles. The first-order valence-electron chi connectivity index (χ1n) is 4.86. The van der Waals surface area contributed by atoms with Crippen LogP contribution in [0.1, 0.15) is 29.9 Å². The highest BCUT2D eigenvalue weighted by Crippen LogP contribution is 2.26. The average molecular weight is 177 g/mol. The van der Waals surface area contributed by atoms with Crippen LogP contribution in [0.4, 0.5) is 0 Å². The second kappa shape index (κ2) is 3.88. The van der Waals surface area contributed by atoms with Crippen LogP contribution in [0, 0.1) is 6.92 Å². The van der Waals surface area contributed by atoms with Crippen molar-refractivity contribution >= 4 is 0 Å². The third-order valence-corrected chi connectivity index (χ3v) is 2.68. The molecule has 0 saturated carbocycles. The molecule has 1 aliphatic rings. The number of nitrogens with zero attached hydrogens (tertiary/aromatic N) is 1. The van der Waals surface area contributed by atoms with Crippen LogP contribution in [-0.2, 0) is 4.74 Å². The highest BCUT2D eigenvalue weighted by molar-refractivity contribution is 5.25. The summed E-state index contributed by atoms with van der Waals surface area (Å²) in [5, 5.41) is 0. The fourth-order valence-electron chi connectivity index (χ4n) is 1.89. The van der Waals surface area contributed by atoms with E-state index in [2.05, 4.69) is 18.0 Å². The van der Waals surface area contributed by atoms with E-state index in [1.807, 2.05) is 12.4 Å². The van der Waals surface area contributed by atoms with E-state index in [9.17, 15) is 0 Å². The number of aromatic nitrogens is 1. The minimum absolute atomic E-state index is 0.572. The van der Waals surface area contributed by atoms with Gasteiger partial charge in [-0.3, -0.25) is 4.98 Å². The van der Waals surface area contributed by atoms with Gasteiger partial charge < -0.3 is 4.74 Å². The maximum Gasteiger partial charge on any atom is 0.0535 e. The van der Waals surface area contributed by atoms with Crippen molar-refractivity contribution in [1.82, 2.24) is 4.98 Å². The number of pyridine rings is 1. The van der Waals surface area contributed by atoms with Crippen molar-refractivity contribution in [2.75, 3.05) is 13.2 Å². The van der Waals surface area contributed by atoms with E-state index in [1.165, 1.54) is 24.0 Å². The maximum absolute atomic E-state index is 5.46. The Morgan fingerprint density at radius 3 is 3.15 bits per heavy atom. The smallest absolute Gasteiger partial charge is 0.0535 e. The number of rotatable bonds is 1. The van der Waals surface area contributed by atoms with Gasteiger partial charge in [0.15, 0.2) is 0 Å². The molecule has 0 bridgehead atoms. The summed E-state index contributed by atoms with van der Waals surface area (Å²) in [6, 6.07) is 2.07. The van der Waals surface area contributed by atoms with E-state index in [-0.39, 0.29) is 0 Å². The zero-order chi connectivity index (χ0) is 9.10. The van der Waals surface area contributed by atoms with Crippen LogP contribution < -0.4 is 0 Å². The minimum Gasteiger partial charge on any atom is -0.381 e. The predicted molar refractivity (Wildman–Crippen MR) is 51.8 cm³/mol. The molecule has 0 amide bonds. The van der Waals surface area contributed by atoms with E-state index in [0.717, 1.165) is 13.2 Å². The van der Waals surface area contributed by atoms with Crippen LogP contribution in [0.5, 0.6) is 0 Å². The topological polar surface area (TPSA) is 22.1 Å². The van der Waals surface area contributed by atoms with E-state index in [0.29, 0.717) is 5.92 Å². The summed E-state index contributed by atoms with van der Waals surface area (Å²) < 4.78 is 5.46. The normalized spacial score (nSPS) is 23.0. The molecule has 1 aliphatic heterocycles. The van der Waals surface area contributed by atoms with Crippen molar-refractivity contribution in [2.45, 2.75) is 25.7 Å². The van der Waals surface area contributed by atoms with Crippen molar-refractivity contribution < 1.29 is 4.74 Å². The molecule has 0 aliphatic carbocycles. The van der Waals surface area contributed by atoms with Gasteiger partial charge in [-0.1, -0.05) is 0 Å². The molecule has 0 N–H and O–H groups in total. The predicted octanol–water partition coefficient (Wildman–Crippen LogP) is 2.28. The van der Waals surface area contributed by atoms with Gasteiger partial charge in [-0.05, 0) is 37.0 Å². The molecular weight excluding hydrogens is 162 g/mol. The summed E-state index contributed by atoms with van der Waals surface area (Å²) in [4.78, 5) is 4.17. The zero-order valence-corrected chi connectivity index (χ0v) is 7.99. The molecule has 70 valence electrons. The van der Waals surface area contributed by atoms with Gasteiger partial charge in [0.05, 0.1) is 6.61 Å². The first-order valence-corrected chi connectivity index (χ1v) is 4.86. The third-order valence-electron chi connectivity index (χ3n) is 2.68. The summed E-state index contributed by atoms with van der Waals surface area (Å²) in [6.07, 6.45) is 6.25. The van der Waals surface area contributed by atoms with Crippen LogP contribution in [0.25, 0.3) is 0 Å². The van der Waals surface area contributed by atoms with Gasteiger partial charge in [0.25, 0.3) is 0 Å². The van der Waals surface area contributed by atoms with Gasteiger partial charge in [-0.2, -0.15) is 0 Å². The molecule has 2 heterocycles. The van der Waals surface area contributed by atoms with Crippen LogP contribution in [0.15, 0.2) is 18.5 Å². The lowest BCUT2D eigenvalue weighted by atomic mass is 9.92. The molecule has 2 rings (SSSR count). The standard InChI is InChI=1S/C11H15NO/c1-9-4-5-12-7-11(9)10-3-2-6-13-8-10/h4-5,7,10H,2-3,6,8H2,1H3. The Hall–Kier alpha value is -0.890. The molecule has 2 heteroatoms. The largest absolute Gasteiger partial charge is 0.381 e. The fraction of sp³-hybridized carbons (Fsp3) is 0.545. The molecule has 1 aromatic rings. The van der Waals surface area contributed by atoms with Gasteiger partial charge in [0, 0.05) is 24.9 Å². The summed E-state index contributed by atoms with van der Waals surface area (Å²) in [6.45, 7) is 3.94. The van der Waals surface area contributed by atoms with Gasteiger partial charge >= 0.3 is 0 Å². The minimum atomic E-state index is 0.572. The highest BCUT2D eigenvalue weighted by Gasteiger charge is 2.17. The molecule has 1 atom stereocenters. The van der Waals surface area contributed by atoms with E-state index < -0.39 is 0 Å². The molecule has 2 nitrogen and oxygen atoms in total. The Balaban J connectivity index is 2.18. The van der Waals surface area contributed by atoms with Crippen molar-refractivity contribution in [1.29, 1.82) is 0 Å². The van der Waals surface area contributed by atoms with E-state index in [1.54, 1.807) is 0 Å². The molecule has 1 unspecified atom stereocenters. The second-order valence-corrected chi connectivity index (χ2v) is 3.65. The first kappa shape index (κ1) is 8.70. The Morgan fingerprint density at radius 2 is 2.46 bits per heavy atom. The molecule has 1 saturated heterocycles. The van der Waals surface area contributed by atoms with Crippen molar-refractivity contribution in [3.05, 3.63) is 29.6 Å². The van der Waals surface area contributed by atoms with Gasteiger partial charge in [-0.15, -0.1) is 0 Å². The maximum atomic E-state index is 5.46. The van der Waals surface area contributed by atoms with Gasteiger partial charge in [-0.25, -0.2) is 0 Å². The van der Waals surface area contributed by atoms with Crippen molar-refractivity contribution in [2.24, 2.45) is 0 Å². The monoisotopic (exact) mass is 177 g/mol. The summed E-state index contributed by atoms with van der Waals surface area (Å²) in [7, 11) is 0. The van der Waals surface area contributed by atoms with Crippen LogP contribution in [0.3, 0.4) is 0 Å². The van der Waals surface area contributed by atoms with Crippen LogP contribution in [-0.4, -0.2) is 18.2 Å². The first-order chi connectivity index (χ1) is 6.38. The third kappa shape index (κ3) is 1.89.